The summed E-state index contributed by atoms with van der Waals surface area (Å²) >= 11 is 4.92. The Bertz CT molecular complexity index is 385. The highest BCUT2D eigenvalue weighted by molar-refractivity contribution is 7.80. The molecule has 0 saturated carbocycles. The van der Waals surface area contributed by atoms with Crippen LogP contribution in [-0.2, 0) is 11.2 Å². The second kappa shape index (κ2) is 5.82. The summed E-state index contributed by atoms with van der Waals surface area (Å²) in [4.78, 5) is 12.0. The van der Waals surface area contributed by atoms with Crippen LogP contribution in [0.1, 0.15) is 26.0 Å². The van der Waals surface area contributed by atoms with Gasteiger partial charge in [0.1, 0.15) is 5.76 Å². The van der Waals surface area contributed by atoms with E-state index in [-0.39, 0.29) is 11.3 Å². The van der Waals surface area contributed by atoms with Crippen molar-refractivity contribution < 1.29 is 9.21 Å². The minimum Gasteiger partial charge on any atom is -0.469 e. The van der Waals surface area contributed by atoms with Crippen LogP contribution >= 0.6 is 12.2 Å². The molecule has 17 heavy (non-hydrogen) atoms. The smallest absolute Gasteiger partial charge is 0.220 e. The molecule has 1 rings (SSSR count). The summed E-state index contributed by atoms with van der Waals surface area (Å²) in [6.45, 7) is 4.27. The quantitative estimate of drug-likeness (QED) is 0.757. The summed E-state index contributed by atoms with van der Waals surface area (Å²) in [5.74, 6) is 0.791. The molecule has 1 aromatic heterocycles. The van der Waals surface area contributed by atoms with Crippen molar-refractivity contribution >= 4 is 23.1 Å². The van der Waals surface area contributed by atoms with Crippen molar-refractivity contribution in [2.24, 2.45) is 11.1 Å². The van der Waals surface area contributed by atoms with E-state index in [2.05, 4.69) is 5.32 Å². The number of amides is 1. The fourth-order valence-corrected chi connectivity index (χ4v) is 1.26. The van der Waals surface area contributed by atoms with Crippen molar-refractivity contribution in [1.82, 2.24) is 5.32 Å². The maximum Gasteiger partial charge on any atom is 0.220 e. The molecule has 0 aliphatic heterocycles. The van der Waals surface area contributed by atoms with Crippen LogP contribution < -0.4 is 11.1 Å². The molecule has 4 nitrogen and oxygen atoms in total. The van der Waals surface area contributed by atoms with Gasteiger partial charge < -0.3 is 15.5 Å². The minimum atomic E-state index is -0.352. The van der Waals surface area contributed by atoms with Gasteiger partial charge in [-0.3, -0.25) is 4.79 Å². The summed E-state index contributed by atoms with van der Waals surface area (Å²) in [7, 11) is 0. The molecule has 5 heteroatoms. The third-order valence-electron chi connectivity index (χ3n) is 2.57. The molecule has 1 aromatic rings. The Morgan fingerprint density at radius 2 is 2.29 bits per heavy atom. The Morgan fingerprint density at radius 3 is 2.82 bits per heavy atom. The van der Waals surface area contributed by atoms with Gasteiger partial charge in [0.25, 0.3) is 0 Å². The van der Waals surface area contributed by atoms with Crippen molar-refractivity contribution in [3.05, 3.63) is 24.2 Å². The molecule has 0 aromatic carbocycles. The van der Waals surface area contributed by atoms with E-state index in [1.807, 2.05) is 26.0 Å². The van der Waals surface area contributed by atoms with Gasteiger partial charge in [0.15, 0.2) is 0 Å². The van der Waals surface area contributed by atoms with Crippen LogP contribution in [0.5, 0.6) is 0 Å². The van der Waals surface area contributed by atoms with Gasteiger partial charge >= 0.3 is 0 Å². The van der Waals surface area contributed by atoms with Crippen LogP contribution in [0.2, 0.25) is 0 Å². The monoisotopic (exact) mass is 254 g/mol. The highest BCUT2D eigenvalue weighted by atomic mass is 32.1. The Kier molecular flexibility index (Phi) is 4.69. The normalized spacial score (nSPS) is 11.2. The Balaban J connectivity index is 2.28. The van der Waals surface area contributed by atoms with Crippen LogP contribution in [0, 0.1) is 5.41 Å². The third-order valence-corrected chi connectivity index (χ3v) is 3.13. The van der Waals surface area contributed by atoms with Crippen molar-refractivity contribution in [2.75, 3.05) is 6.54 Å². The lowest BCUT2D eigenvalue weighted by Gasteiger charge is -2.23. The van der Waals surface area contributed by atoms with Gasteiger partial charge in [-0.05, 0) is 12.1 Å². The number of hydrogen-bond donors (Lipinski definition) is 2. The molecule has 3 N–H and O–H groups in total. The highest BCUT2D eigenvalue weighted by Gasteiger charge is 2.21. The average Bonchev–Trinajstić information content (AvgIpc) is 2.76. The molecular weight excluding hydrogens is 236 g/mol. The van der Waals surface area contributed by atoms with Crippen LogP contribution in [0.3, 0.4) is 0 Å². The van der Waals surface area contributed by atoms with Gasteiger partial charge in [-0.15, -0.1) is 0 Å². The van der Waals surface area contributed by atoms with Crippen molar-refractivity contribution in [3.8, 4) is 0 Å². The van der Waals surface area contributed by atoms with E-state index in [0.717, 1.165) is 5.76 Å². The maximum atomic E-state index is 11.6. The number of thiocarbonyl (C=S) groups is 1. The first-order valence-corrected chi connectivity index (χ1v) is 5.91. The van der Waals surface area contributed by atoms with Gasteiger partial charge in [0, 0.05) is 24.8 Å². The largest absolute Gasteiger partial charge is 0.469 e. The van der Waals surface area contributed by atoms with Crippen LogP contribution in [0.25, 0.3) is 0 Å². The fourth-order valence-electron chi connectivity index (χ4n) is 1.19. The van der Waals surface area contributed by atoms with Crippen molar-refractivity contribution in [2.45, 2.75) is 26.7 Å². The molecule has 94 valence electrons. The fraction of sp³-hybridized carbons (Fsp3) is 0.500. The molecule has 0 bridgehead atoms. The van der Waals surface area contributed by atoms with Gasteiger partial charge in [0.05, 0.1) is 11.3 Å². The Morgan fingerprint density at radius 1 is 1.59 bits per heavy atom. The maximum absolute atomic E-state index is 11.6. The first-order valence-electron chi connectivity index (χ1n) is 5.51. The molecular formula is C12H18N2O2S. The topological polar surface area (TPSA) is 68.3 Å². The first kappa shape index (κ1) is 13.7. The Hall–Kier alpha value is -1.36. The van der Waals surface area contributed by atoms with Gasteiger partial charge in [-0.1, -0.05) is 26.1 Å². The molecule has 1 amide bonds. The van der Waals surface area contributed by atoms with E-state index in [1.165, 1.54) is 0 Å². The van der Waals surface area contributed by atoms with E-state index in [4.69, 9.17) is 22.4 Å². The second-order valence-corrected chi connectivity index (χ2v) is 5.04. The Labute approximate surface area is 107 Å². The van der Waals surface area contributed by atoms with E-state index in [9.17, 15) is 4.79 Å². The van der Waals surface area contributed by atoms with Crippen LogP contribution in [-0.4, -0.2) is 17.4 Å². The molecule has 0 unspecified atom stereocenters. The first-order chi connectivity index (χ1) is 7.92. The van der Waals surface area contributed by atoms with E-state index < -0.39 is 0 Å². The SMILES string of the molecule is CC(C)(CNC(=O)CCc1ccco1)C(N)=S. The van der Waals surface area contributed by atoms with Gasteiger partial charge in [-0.2, -0.15) is 0 Å². The van der Waals surface area contributed by atoms with Crippen molar-refractivity contribution in [3.63, 3.8) is 0 Å². The number of rotatable bonds is 6. The summed E-state index contributed by atoms with van der Waals surface area (Å²) in [6, 6.07) is 3.66. The number of carbonyl (C=O) groups is 1. The third kappa shape index (κ3) is 4.56. The van der Waals surface area contributed by atoms with E-state index >= 15 is 0 Å². The zero-order valence-corrected chi connectivity index (χ0v) is 11.0. The molecule has 1 heterocycles. The lowest BCUT2D eigenvalue weighted by molar-refractivity contribution is -0.121. The van der Waals surface area contributed by atoms with Gasteiger partial charge in [0.2, 0.25) is 5.91 Å². The summed E-state index contributed by atoms with van der Waals surface area (Å²) in [6.07, 6.45) is 2.61. The van der Waals surface area contributed by atoms with Crippen LogP contribution in [0.15, 0.2) is 22.8 Å². The zero-order chi connectivity index (χ0) is 12.9. The van der Waals surface area contributed by atoms with Gasteiger partial charge in [-0.25, -0.2) is 0 Å². The summed E-state index contributed by atoms with van der Waals surface area (Å²) in [5, 5.41) is 2.82. The molecule has 0 fully saturated rings. The molecule has 0 saturated heterocycles. The highest BCUT2D eigenvalue weighted by Crippen LogP contribution is 2.13. The lowest BCUT2D eigenvalue weighted by Crippen LogP contribution is -2.41. The number of aryl methyl sites for hydroxylation is 1. The van der Waals surface area contributed by atoms with E-state index in [1.54, 1.807) is 6.26 Å². The summed E-state index contributed by atoms with van der Waals surface area (Å²) < 4.78 is 5.15. The molecule has 0 atom stereocenters. The second-order valence-electron chi connectivity index (χ2n) is 4.60. The molecule has 0 spiro atoms. The summed E-state index contributed by atoms with van der Waals surface area (Å²) in [5.41, 5.74) is 5.22. The molecule has 0 aliphatic carbocycles. The number of carbonyl (C=O) groups excluding carboxylic acids is 1. The number of hydrogen-bond acceptors (Lipinski definition) is 3. The zero-order valence-electron chi connectivity index (χ0n) is 10.2. The number of furan rings is 1. The molecule has 0 aliphatic rings. The molecule has 0 radical (unpaired) electrons. The predicted molar refractivity (Wildman–Crippen MR) is 70.6 cm³/mol. The minimum absolute atomic E-state index is 0.0225. The number of nitrogens with two attached hydrogens (primary N) is 1. The average molecular weight is 254 g/mol. The van der Waals surface area contributed by atoms with Crippen LogP contribution in [0.4, 0.5) is 0 Å². The standard InChI is InChI=1S/C12H18N2O2S/c1-12(2,11(13)17)8-14-10(15)6-5-9-4-3-7-16-9/h3-4,7H,5-6,8H2,1-2H3,(H2,13,17)(H,14,15). The lowest BCUT2D eigenvalue weighted by atomic mass is 9.93. The number of nitrogens with one attached hydrogen (secondary N) is 1. The predicted octanol–water partition coefficient (Wildman–Crippen LogP) is 1.64. The van der Waals surface area contributed by atoms with E-state index in [0.29, 0.717) is 24.4 Å². The van der Waals surface area contributed by atoms with Crippen molar-refractivity contribution in [1.29, 1.82) is 0 Å².